The number of carbonyl (C=O) groups excluding carboxylic acids is 1. The van der Waals surface area contributed by atoms with Gasteiger partial charge in [0, 0.05) is 31.7 Å². The smallest absolute Gasteiger partial charge is 0.272 e. The van der Waals surface area contributed by atoms with Gasteiger partial charge in [0.05, 0.1) is 19.2 Å². The Labute approximate surface area is 176 Å². The average molecular weight is 409 g/mol. The number of piperidine rings is 1. The van der Waals surface area contributed by atoms with Gasteiger partial charge in [-0.2, -0.15) is 5.10 Å². The summed E-state index contributed by atoms with van der Waals surface area (Å²) in [6.07, 6.45) is 6.04. The van der Waals surface area contributed by atoms with Crippen molar-refractivity contribution in [3.63, 3.8) is 0 Å². The Kier molecular flexibility index (Phi) is 5.88. The minimum atomic E-state index is 0.0223. The van der Waals surface area contributed by atoms with Crippen LogP contribution in [0.4, 0.5) is 0 Å². The SMILES string of the molecule is COc1cccc(Cc2cnc([C@H]3CCCN(C(=O)c4ccnn4C(C)C)C3)o2)c1. The van der Waals surface area contributed by atoms with Gasteiger partial charge in [-0.1, -0.05) is 12.1 Å². The first kappa shape index (κ1) is 20.2. The lowest BCUT2D eigenvalue weighted by Gasteiger charge is -2.31. The van der Waals surface area contributed by atoms with Crippen molar-refractivity contribution in [2.24, 2.45) is 0 Å². The van der Waals surface area contributed by atoms with Crippen molar-refractivity contribution in [2.75, 3.05) is 20.2 Å². The minimum Gasteiger partial charge on any atom is -0.497 e. The van der Waals surface area contributed by atoms with Crippen LogP contribution in [-0.4, -0.2) is 45.8 Å². The molecule has 30 heavy (non-hydrogen) atoms. The fourth-order valence-corrected chi connectivity index (χ4v) is 4.00. The predicted octanol–water partition coefficient (Wildman–Crippen LogP) is 4.07. The van der Waals surface area contributed by atoms with Crippen LogP contribution in [0.1, 0.15) is 66.4 Å². The molecule has 1 fully saturated rings. The summed E-state index contributed by atoms with van der Waals surface area (Å²) in [4.78, 5) is 19.5. The number of amides is 1. The van der Waals surface area contributed by atoms with Gasteiger partial charge < -0.3 is 14.1 Å². The first-order chi connectivity index (χ1) is 14.5. The molecule has 3 heterocycles. The third-order valence-corrected chi connectivity index (χ3v) is 5.52. The van der Waals surface area contributed by atoms with Crippen LogP contribution < -0.4 is 4.74 Å². The van der Waals surface area contributed by atoms with Gasteiger partial charge in [0.25, 0.3) is 5.91 Å². The fraction of sp³-hybridized carbons (Fsp3) is 0.435. The zero-order valence-electron chi connectivity index (χ0n) is 17.7. The zero-order chi connectivity index (χ0) is 21.1. The molecule has 3 aromatic rings. The van der Waals surface area contributed by atoms with Crippen LogP contribution in [-0.2, 0) is 6.42 Å². The lowest BCUT2D eigenvalue weighted by Crippen LogP contribution is -2.40. The molecule has 1 saturated heterocycles. The van der Waals surface area contributed by atoms with Gasteiger partial charge in [0.15, 0.2) is 5.89 Å². The molecule has 1 aliphatic heterocycles. The molecule has 0 bridgehead atoms. The van der Waals surface area contributed by atoms with E-state index in [4.69, 9.17) is 9.15 Å². The number of ether oxygens (including phenoxy) is 1. The molecule has 7 heteroatoms. The van der Waals surface area contributed by atoms with Crippen molar-refractivity contribution in [1.82, 2.24) is 19.7 Å². The second-order valence-electron chi connectivity index (χ2n) is 8.04. The maximum atomic E-state index is 13.1. The maximum Gasteiger partial charge on any atom is 0.272 e. The number of nitrogens with zero attached hydrogens (tertiary/aromatic N) is 4. The van der Waals surface area contributed by atoms with Crippen molar-refractivity contribution < 1.29 is 13.9 Å². The Hall–Kier alpha value is -3.09. The molecule has 0 aliphatic carbocycles. The van der Waals surface area contributed by atoms with Crippen molar-refractivity contribution in [3.05, 3.63) is 65.6 Å². The fourth-order valence-electron chi connectivity index (χ4n) is 4.00. The second-order valence-corrected chi connectivity index (χ2v) is 8.04. The van der Waals surface area contributed by atoms with Crippen LogP contribution in [0, 0.1) is 0 Å². The highest BCUT2D eigenvalue weighted by Gasteiger charge is 2.30. The summed E-state index contributed by atoms with van der Waals surface area (Å²) < 4.78 is 13.1. The molecule has 2 aromatic heterocycles. The number of carbonyl (C=O) groups is 1. The Morgan fingerprint density at radius 3 is 3.00 bits per heavy atom. The summed E-state index contributed by atoms with van der Waals surface area (Å²) in [5, 5.41) is 4.29. The summed E-state index contributed by atoms with van der Waals surface area (Å²) >= 11 is 0. The summed E-state index contributed by atoms with van der Waals surface area (Å²) in [5.41, 5.74) is 1.75. The highest BCUT2D eigenvalue weighted by atomic mass is 16.5. The van der Waals surface area contributed by atoms with Gasteiger partial charge in [0.1, 0.15) is 17.2 Å². The molecule has 1 aliphatic rings. The lowest BCUT2D eigenvalue weighted by molar-refractivity contribution is 0.0683. The first-order valence-corrected chi connectivity index (χ1v) is 10.5. The average Bonchev–Trinajstić information content (AvgIpc) is 3.43. The number of hydrogen-bond donors (Lipinski definition) is 0. The van der Waals surface area contributed by atoms with Gasteiger partial charge in [-0.25, -0.2) is 4.98 Å². The zero-order valence-corrected chi connectivity index (χ0v) is 17.7. The molecule has 0 saturated carbocycles. The molecule has 1 amide bonds. The number of oxazole rings is 1. The van der Waals surface area contributed by atoms with E-state index in [-0.39, 0.29) is 17.9 Å². The van der Waals surface area contributed by atoms with E-state index in [2.05, 4.69) is 10.1 Å². The van der Waals surface area contributed by atoms with E-state index < -0.39 is 0 Å². The number of rotatable bonds is 6. The molecule has 0 N–H and O–H groups in total. The lowest BCUT2D eigenvalue weighted by atomic mass is 9.97. The van der Waals surface area contributed by atoms with Crippen molar-refractivity contribution >= 4 is 5.91 Å². The third-order valence-electron chi connectivity index (χ3n) is 5.52. The Morgan fingerprint density at radius 2 is 2.20 bits per heavy atom. The largest absolute Gasteiger partial charge is 0.497 e. The summed E-state index contributed by atoms with van der Waals surface area (Å²) in [6.45, 7) is 5.41. The summed E-state index contributed by atoms with van der Waals surface area (Å²) in [7, 11) is 1.66. The molecular formula is C23H28N4O3. The van der Waals surface area contributed by atoms with Crippen LogP contribution >= 0.6 is 0 Å². The van der Waals surface area contributed by atoms with E-state index in [0.29, 0.717) is 24.6 Å². The van der Waals surface area contributed by atoms with Gasteiger partial charge in [-0.05, 0) is 50.5 Å². The molecule has 0 unspecified atom stereocenters. The summed E-state index contributed by atoms with van der Waals surface area (Å²) in [5.74, 6) is 2.49. The third kappa shape index (κ3) is 4.25. The highest BCUT2D eigenvalue weighted by Crippen LogP contribution is 2.28. The molecule has 0 radical (unpaired) electrons. The highest BCUT2D eigenvalue weighted by molar-refractivity contribution is 5.92. The number of hydrogen-bond acceptors (Lipinski definition) is 5. The van der Waals surface area contributed by atoms with E-state index in [9.17, 15) is 4.79 Å². The van der Waals surface area contributed by atoms with E-state index in [0.717, 1.165) is 36.5 Å². The van der Waals surface area contributed by atoms with Crippen LogP contribution in [0.25, 0.3) is 0 Å². The minimum absolute atomic E-state index is 0.0223. The van der Waals surface area contributed by atoms with Crippen LogP contribution in [0.2, 0.25) is 0 Å². The molecule has 158 valence electrons. The van der Waals surface area contributed by atoms with E-state index in [1.54, 1.807) is 30.3 Å². The molecule has 1 atom stereocenters. The van der Waals surface area contributed by atoms with Crippen LogP contribution in [0.3, 0.4) is 0 Å². The quantitative estimate of drug-likeness (QED) is 0.615. The first-order valence-electron chi connectivity index (χ1n) is 10.5. The predicted molar refractivity (Wildman–Crippen MR) is 113 cm³/mol. The molecule has 1 aromatic carbocycles. The maximum absolute atomic E-state index is 13.1. The monoisotopic (exact) mass is 408 g/mol. The van der Waals surface area contributed by atoms with Crippen molar-refractivity contribution in [3.8, 4) is 5.75 Å². The van der Waals surface area contributed by atoms with Gasteiger partial charge >= 0.3 is 0 Å². The Bertz CT molecular complexity index is 1010. The van der Waals surface area contributed by atoms with E-state index in [1.807, 2.05) is 43.0 Å². The van der Waals surface area contributed by atoms with E-state index in [1.165, 1.54) is 0 Å². The van der Waals surface area contributed by atoms with Gasteiger partial charge in [-0.15, -0.1) is 0 Å². The second kappa shape index (κ2) is 8.73. The van der Waals surface area contributed by atoms with Gasteiger partial charge in [0.2, 0.25) is 0 Å². The Morgan fingerprint density at radius 1 is 1.33 bits per heavy atom. The van der Waals surface area contributed by atoms with Crippen molar-refractivity contribution in [1.29, 1.82) is 0 Å². The van der Waals surface area contributed by atoms with Crippen LogP contribution in [0.15, 0.2) is 47.1 Å². The summed E-state index contributed by atoms with van der Waals surface area (Å²) in [6, 6.07) is 9.88. The van der Waals surface area contributed by atoms with Crippen molar-refractivity contribution in [2.45, 2.75) is 45.1 Å². The normalized spacial score (nSPS) is 16.8. The molecule has 7 nitrogen and oxygen atoms in total. The van der Waals surface area contributed by atoms with E-state index >= 15 is 0 Å². The number of benzene rings is 1. The number of methoxy groups -OCH3 is 1. The topological polar surface area (TPSA) is 73.4 Å². The molecule has 4 rings (SSSR count). The number of aromatic nitrogens is 3. The Balaban J connectivity index is 1.45. The number of likely N-dealkylation sites (tertiary alicyclic amines) is 1. The van der Waals surface area contributed by atoms with Gasteiger partial charge in [-0.3, -0.25) is 9.48 Å². The molecular weight excluding hydrogens is 380 g/mol. The standard InChI is InChI=1S/C23H28N4O3/c1-16(2)27-21(9-10-25-27)23(28)26-11-5-7-18(15-26)22-24-14-20(30-22)13-17-6-4-8-19(12-17)29-3/h4,6,8-10,12,14,16,18H,5,7,11,13,15H2,1-3H3/t18-/m0/s1. The van der Waals surface area contributed by atoms with Crippen LogP contribution in [0.5, 0.6) is 5.75 Å². The molecule has 0 spiro atoms.